The Hall–Kier alpha value is -1.92. The predicted octanol–water partition coefficient (Wildman–Crippen LogP) is 3.94. The third-order valence-electron chi connectivity index (χ3n) is 2.76. The van der Waals surface area contributed by atoms with E-state index >= 15 is 0 Å². The third kappa shape index (κ3) is 4.03. The number of halogens is 2. The molecule has 0 aliphatic rings. The van der Waals surface area contributed by atoms with Crippen LogP contribution in [0.3, 0.4) is 0 Å². The third-order valence-corrected chi connectivity index (χ3v) is 3.97. The molecule has 0 atom stereocenters. The van der Waals surface area contributed by atoms with Gasteiger partial charge in [-0.05, 0) is 39.7 Å². The number of rotatable bonds is 4. The lowest BCUT2D eigenvalue weighted by Crippen LogP contribution is -2.22. The fraction of sp³-hybridized carbons (Fsp3) is 0.0714. The first-order chi connectivity index (χ1) is 9.97. The van der Waals surface area contributed by atoms with Crippen LogP contribution in [0.4, 0.5) is 5.69 Å². The lowest BCUT2D eigenvalue weighted by atomic mass is 10.2. The van der Waals surface area contributed by atoms with Gasteiger partial charge < -0.3 is 5.32 Å². The molecule has 0 bridgehead atoms. The van der Waals surface area contributed by atoms with Crippen LogP contribution in [0.25, 0.3) is 0 Å². The molecule has 1 amide bonds. The zero-order valence-electron chi connectivity index (χ0n) is 10.7. The Kier molecular flexibility index (Phi) is 4.93. The zero-order valence-corrected chi connectivity index (χ0v) is 13.0. The van der Waals surface area contributed by atoms with Gasteiger partial charge in [0, 0.05) is 28.7 Å². The van der Waals surface area contributed by atoms with E-state index < -0.39 is 4.92 Å². The first-order valence-corrected chi connectivity index (χ1v) is 7.11. The van der Waals surface area contributed by atoms with Gasteiger partial charge in [-0.15, -0.1) is 0 Å². The van der Waals surface area contributed by atoms with E-state index in [-0.39, 0.29) is 18.1 Å². The molecule has 108 valence electrons. The fourth-order valence-corrected chi connectivity index (χ4v) is 2.20. The molecule has 2 rings (SSSR count). The lowest BCUT2D eigenvalue weighted by molar-refractivity contribution is -0.384. The second kappa shape index (κ2) is 6.69. The van der Waals surface area contributed by atoms with E-state index in [4.69, 9.17) is 11.6 Å². The molecular formula is C14H10BrClN2O3. The van der Waals surface area contributed by atoms with Crippen molar-refractivity contribution >= 4 is 39.1 Å². The van der Waals surface area contributed by atoms with Crippen LogP contribution in [0, 0.1) is 10.1 Å². The number of nitro benzene ring substituents is 1. The Morgan fingerprint density at radius 1 is 1.29 bits per heavy atom. The smallest absolute Gasteiger partial charge is 0.269 e. The Bertz CT molecular complexity index is 706. The Morgan fingerprint density at radius 3 is 2.71 bits per heavy atom. The Balaban J connectivity index is 2.05. The molecule has 5 nitrogen and oxygen atoms in total. The second-order valence-electron chi connectivity index (χ2n) is 4.24. The van der Waals surface area contributed by atoms with Crippen molar-refractivity contribution in [2.45, 2.75) is 6.54 Å². The van der Waals surface area contributed by atoms with Crippen molar-refractivity contribution in [1.82, 2.24) is 5.32 Å². The first-order valence-electron chi connectivity index (χ1n) is 5.94. The van der Waals surface area contributed by atoms with Gasteiger partial charge in [-0.2, -0.15) is 0 Å². The topological polar surface area (TPSA) is 72.2 Å². The molecule has 0 fully saturated rings. The van der Waals surface area contributed by atoms with E-state index in [0.717, 1.165) is 0 Å². The van der Waals surface area contributed by atoms with Crippen molar-refractivity contribution in [3.05, 3.63) is 73.2 Å². The summed E-state index contributed by atoms with van der Waals surface area (Å²) in [6, 6.07) is 11.0. The maximum absolute atomic E-state index is 12.0. The van der Waals surface area contributed by atoms with Gasteiger partial charge in [-0.3, -0.25) is 14.9 Å². The summed E-state index contributed by atoms with van der Waals surface area (Å²) in [5.41, 5.74) is 1.11. The Morgan fingerprint density at radius 2 is 2.05 bits per heavy atom. The largest absolute Gasteiger partial charge is 0.348 e. The molecule has 0 radical (unpaired) electrons. The minimum atomic E-state index is -0.471. The number of non-ortho nitro benzene ring substituents is 1. The van der Waals surface area contributed by atoms with Gasteiger partial charge in [0.25, 0.3) is 11.6 Å². The van der Waals surface area contributed by atoms with E-state index in [1.807, 2.05) is 0 Å². The van der Waals surface area contributed by atoms with Gasteiger partial charge in [-0.25, -0.2) is 0 Å². The summed E-state index contributed by atoms with van der Waals surface area (Å²) in [4.78, 5) is 22.2. The molecule has 1 N–H and O–H groups in total. The lowest BCUT2D eigenvalue weighted by Gasteiger charge is -2.06. The standard InChI is InChI=1S/C14H10BrClN2O3/c15-12-7-10(4-5-13(12)16)14(19)17-8-9-2-1-3-11(6-9)18(20)21/h1-7H,8H2,(H,17,19). The molecule has 0 spiro atoms. The van der Waals surface area contributed by atoms with Crippen LogP contribution in [0.15, 0.2) is 46.9 Å². The van der Waals surface area contributed by atoms with Gasteiger partial charge in [-0.1, -0.05) is 23.7 Å². The average Bonchev–Trinajstić information content (AvgIpc) is 2.48. The molecule has 7 heteroatoms. The van der Waals surface area contributed by atoms with Crippen molar-refractivity contribution in [3.8, 4) is 0 Å². The van der Waals surface area contributed by atoms with E-state index in [0.29, 0.717) is 20.6 Å². The number of hydrogen-bond donors (Lipinski definition) is 1. The number of nitrogens with zero attached hydrogens (tertiary/aromatic N) is 1. The van der Waals surface area contributed by atoms with Crippen LogP contribution < -0.4 is 5.32 Å². The van der Waals surface area contributed by atoms with Crippen molar-refractivity contribution in [1.29, 1.82) is 0 Å². The molecule has 0 heterocycles. The highest BCUT2D eigenvalue weighted by Crippen LogP contribution is 2.23. The summed E-state index contributed by atoms with van der Waals surface area (Å²) < 4.78 is 0.632. The normalized spacial score (nSPS) is 10.2. The predicted molar refractivity (Wildman–Crippen MR) is 83.4 cm³/mol. The first kappa shape index (κ1) is 15.5. The number of amides is 1. The maximum Gasteiger partial charge on any atom is 0.269 e. The van der Waals surface area contributed by atoms with Crippen molar-refractivity contribution in [3.63, 3.8) is 0 Å². The summed E-state index contributed by atoms with van der Waals surface area (Å²) in [6.45, 7) is 0.209. The van der Waals surface area contributed by atoms with Crippen LogP contribution in [0.5, 0.6) is 0 Å². The molecule has 0 aliphatic heterocycles. The molecule has 0 unspecified atom stereocenters. The number of hydrogen-bond acceptors (Lipinski definition) is 3. The molecule has 21 heavy (non-hydrogen) atoms. The van der Waals surface area contributed by atoms with Crippen LogP contribution in [-0.2, 0) is 6.54 Å². The van der Waals surface area contributed by atoms with Gasteiger partial charge in [0.05, 0.1) is 9.95 Å². The number of benzene rings is 2. The highest BCUT2D eigenvalue weighted by molar-refractivity contribution is 9.10. The quantitative estimate of drug-likeness (QED) is 0.655. The second-order valence-corrected chi connectivity index (χ2v) is 5.50. The van der Waals surface area contributed by atoms with E-state index in [1.165, 1.54) is 12.1 Å². The maximum atomic E-state index is 12.0. The summed E-state index contributed by atoms with van der Waals surface area (Å²) in [7, 11) is 0. The average molecular weight is 370 g/mol. The van der Waals surface area contributed by atoms with Crippen LogP contribution in [-0.4, -0.2) is 10.8 Å². The zero-order chi connectivity index (χ0) is 15.4. The van der Waals surface area contributed by atoms with Gasteiger partial charge in [0.2, 0.25) is 0 Å². The van der Waals surface area contributed by atoms with E-state index in [2.05, 4.69) is 21.2 Å². The van der Waals surface area contributed by atoms with E-state index in [9.17, 15) is 14.9 Å². The summed E-state index contributed by atoms with van der Waals surface area (Å²) >= 11 is 9.11. The van der Waals surface area contributed by atoms with Crippen LogP contribution >= 0.6 is 27.5 Å². The fourth-order valence-electron chi connectivity index (χ4n) is 1.70. The minimum absolute atomic E-state index is 0.00372. The molecule has 0 saturated carbocycles. The van der Waals surface area contributed by atoms with Crippen LogP contribution in [0.1, 0.15) is 15.9 Å². The number of carbonyl (C=O) groups excluding carboxylic acids is 1. The molecule has 2 aromatic carbocycles. The number of carbonyl (C=O) groups is 1. The number of nitrogens with one attached hydrogen (secondary N) is 1. The summed E-state index contributed by atoms with van der Waals surface area (Å²) in [6.07, 6.45) is 0. The van der Waals surface area contributed by atoms with E-state index in [1.54, 1.807) is 30.3 Å². The minimum Gasteiger partial charge on any atom is -0.348 e. The van der Waals surface area contributed by atoms with Crippen LogP contribution in [0.2, 0.25) is 5.02 Å². The SMILES string of the molecule is O=C(NCc1cccc([N+](=O)[O-])c1)c1ccc(Cl)c(Br)c1. The highest BCUT2D eigenvalue weighted by Gasteiger charge is 2.09. The Labute approximate surface area is 134 Å². The molecule has 0 saturated heterocycles. The molecule has 0 aromatic heterocycles. The molecular weight excluding hydrogens is 360 g/mol. The molecule has 2 aromatic rings. The van der Waals surface area contributed by atoms with Gasteiger partial charge in [0.15, 0.2) is 0 Å². The summed E-state index contributed by atoms with van der Waals surface area (Å²) in [5.74, 6) is -0.279. The number of nitro groups is 1. The van der Waals surface area contributed by atoms with Gasteiger partial charge >= 0.3 is 0 Å². The monoisotopic (exact) mass is 368 g/mol. The van der Waals surface area contributed by atoms with Crippen molar-refractivity contribution in [2.75, 3.05) is 0 Å². The highest BCUT2D eigenvalue weighted by atomic mass is 79.9. The molecule has 0 aliphatic carbocycles. The van der Waals surface area contributed by atoms with Crippen molar-refractivity contribution < 1.29 is 9.72 Å². The van der Waals surface area contributed by atoms with Crippen molar-refractivity contribution in [2.24, 2.45) is 0 Å². The van der Waals surface area contributed by atoms with Gasteiger partial charge in [0.1, 0.15) is 0 Å². The summed E-state index contributed by atoms with van der Waals surface area (Å²) in [5, 5.41) is 13.9.